The fourth-order valence-electron chi connectivity index (χ4n) is 6.01. The third kappa shape index (κ3) is 4.76. The van der Waals surface area contributed by atoms with Crippen LogP contribution < -0.4 is 11.0 Å². The summed E-state index contributed by atoms with van der Waals surface area (Å²) in [6.45, 7) is 0.235. The molecule has 42 heavy (non-hydrogen) atoms. The lowest BCUT2D eigenvalue weighted by Gasteiger charge is -2.29. The lowest BCUT2D eigenvalue weighted by atomic mass is 9.91. The number of benzene rings is 2. The minimum absolute atomic E-state index is 0.00116. The number of alkyl carbamates (subject to hydrolysis) is 1. The number of nitrogens with zero attached hydrogens (tertiary/aromatic N) is 5. The van der Waals surface area contributed by atoms with Gasteiger partial charge in [0.2, 0.25) is 0 Å². The number of ether oxygens (including phenoxy) is 1. The van der Waals surface area contributed by atoms with Gasteiger partial charge in [0.05, 0.1) is 34.0 Å². The summed E-state index contributed by atoms with van der Waals surface area (Å²) in [7, 11) is 1.78. The van der Waals surface area contributed by atoms with Crippen molar-refractivity contribution >= 4 is 39.1 Å². The van der Waals surface area contributed by atoms with E-state index in [0.717, 1.165) is 70.0 Å². The molecule has 0 aliphatic heterocycles. The number of aromatic nitrogens is 5. The number of amides is 1. The van der Waals surface area contributed by atoms with Crippen molar-refractivity contribution in [2.24, 2.45) is 7.05 Å². The van der Waals surface area contributed by atoms with Crippen molar-refractivity contribution in [2.75, 3.05) is 0 Å². The number of hydrogen-bond acceptors (Lipinski definition) is 6. The summed E-state index contributed by atoms with van der Waals surface area (Å²) in [5.74, 6) is 0. The van der Waals surface area contributed by atoms with Crippen molar-refractivity contribution in [3.63, 3.8) is 0 Å². The molecule has 1 N–H and O–H groups in total. The number of aryl methyl sites for hydroxylation is 1. The fourth-order valence-corrected chi connectivity index (χ4v) is 6.01. The van der Waals surface area contributed by atoms with E-state index < -0.39 is 6.09 Å². The molecule has 1 aliphatic carbocycles. The van der Waals surface area contributed by atoms with Crippen LogP contribution in [0.15, 0.2) is 90.0 Å². The van der Waals surface area contributed by atoms with Crippen molar-refractivity contribution in [1.82, 2.24) is 29.4 Å². The molecule has 9 heteroatoms. The van der Waals surface area contributed by atoms with Crippen LogP contribution in [0.5, 0.6) is 0 Å². The molecule has 7 rings (SSSR count). The Balaban J connectivity index is 1.16. The molecule has 0 unspecified atom stereocenters. The lowest BCUT2D eigenvalue weighted by molar-refractivity contribution is 0.131. The van der Waals surface area contributed by atoms with Crippen LogP contribution in [-0.2, 0) is 18.4 Å². The van der Waals surface area contributed by atoms with E-state index in [1.165, 1.54) is 0 Å². The van der Waals surface area contributed by atoms with Gasteiger partial charge in [0.25, 0.3) is 0 Å². The maximum absolute atomic E-state index is 13.6. The smallest absolute Gasteiger partial charge is 0.407 e. The van der Waals surface area contributed by atoms with Gasteiger partial charge in [-0.2, -0.15) is 0 Å². The van der Waals surface area contributed by atoms with Gasteiger partial charge in [-0.3, -0.25) is 19.1 Å². The van der Waals surface area contributed by atoms with Gasteiger partial charge in [0.15, 0.2) is 0 Å². The van der Waals surface area contributed by atoms with Crippen LogP contribution in [0.1, 0.15) is 37.3 Å². The summed E-state index contributed by atoms with van der Waals surface area (Å²) >= 11 is 0. The zero-order chi connectivity index (χ0) is 28.6. The quantitative estimate of drug-likeness (QED) is 0.282. The van der Waals surface area contributed by atoms with E-state index in [9.17, 15) is 9.59 Å². The predicted octanol–water partition coefficient (Wildman–Crippen LogP) is 5.91. The van der Waals surface area contributed by atoms with Crippen LogP contribution in [-0.4, -0.2) is 36.2 Å². The van der Waals surface area contributed by atoms with Crippen molar-refractivity contribution < 1.29 is 9.53 Å². The van der Waals surface area contributed by atoms with Gasteiger partial charge in [-0.15, -0.1) is 0 Å². The molecule has 1 fully saturated rings. The van der Waals surface area contributed by atoms with Crippen molar-refractivity contribution in [1.29, 1.82) is 0 Å². The zero-order valence-corrected chi connectivity index (χ0v) is 23.2. The first-order chi connectivity index (χ1) is 20.5. The Kier molecular flexibility index (Phi) is 6.62. The Hall–Kier alpha value is -5.05. The minimum Gasteiger partial charge on any atom is -0.445 e. The largest absolute Gasteiger partial charge is 0.445 e. The molecule has 9 nitrogen and oxygen atoms in total. The van der Waals surface area contributed by atoms with Gasteiger partial charge in [-0.25, -0.2) is 14.6 Å². The van der Waals surface area contributed by atoms with E-state index in [0.29, 0.717) is 5.52 Å². The van der Waals surface area contributed by atoms with Crippen molar-refractivity contribution in [2.45, 2.75) is 44.4 Å². The molecular weight excluding hydrogens is 528 g/mol. The van der Waals surface area contributed by atoms with E-state index in [1.807, 2.05) is 77.5 Å². The summed E-state index contributed by atoms with van der Waals surface area (Å²) in [5.41, 5.74) is 6.44. The number of para-hydroxylation sites is 1. The summed E-state index contributed by atoms with van der Waals surface area (Å²) < 4.78 is 8.95. The molecular formula is C33H30N6O3. The van der Waals surface area contributed by atoms with Gasteiger partial charge in [0.1, 0.15) is 12.1 Å². The molecule has 210 valence electrons. The van der Waals surface area contributed by atoms with Crippen LogP contribution in [0, 0.1) is 0 Å². The van der Waals surface area contributed by atoms with Crippen LogP contribution >= 0.6 is 0 Å². The third-order valence-electron chi connectivity index (χ3n) is 8.24. The number of nitrogens with one attached hydrogen (secondary N) is 1. The predicted molar refractivity (Wildman–Crippen MR) is 162 cm³/mol. The van der Waals surface area contributed by atoms with Crippen LogP contribution in [0.3, 0.4) is 0 Å². The van der Waals surface area contributed by atoms with Crippen LogP contribution in [0.4, 0.5) is 4.79 Å². The first-order valence-electron chi connectivity index (χ1n) is 14.2. The highest BCUT2D eigenvalue weighted by Crippen LogP contribution is 2.33. The molecule has 4 heterocycles. The van der Waals surface area contributed by atoms with Gasteiger partial charge < -0.3 is 10.1 Å². The Bertz CT molecular complexity index is 1990. The van der Waals surface area contributed by atoms with E-state index in [2.05, 4.69) is 21.4 Å². The van der Waals surface area contributed by atoms with Crippen molar-refractivity contribution in [3.05, 3.63) is 101 Å². The third-order valence-corrected chi connectivity index (χ3v) is 8.24. The SMILES string of the molecule is Cn1c(=O)n([C@H]2CC[C@H](NC(=O)OCc3ccccc3)CC2)c2c3nc(-c4cnc5ccccc5c4)ccc3ncc21. The maximum Gasteiger partial charge on any atom is 0.407 e. The maximum atomic E-state index is 13.6. The number of carbonyl (C=O) groups excluding carboxylic acids is 1. The number of fused-ring (bicyclic) bond motifs is 4. The number of carbonyl (C=O) groups is 1. The second-order valence-electron chi connectivity index (χ2n) is 10.9. The minimum atomic E-state index is -0.415. The molecule has 6 aromatic rings. The molecule has 0 atom stereocenters. The number of rotatable bonds is 5. The number of hydrogen-bond donors (Lipinski definition) is 1. The van der Waals surface area contributed by atoms with E-state index in [4.69, 9.17) is 9.72 Å². The molecule has 1 saturated carbocycles. The first-order valence-corrected chi connectivity index (χ1v) is 14.2. The monoisotopic (exact) mass is 558 g/mol. The molecule has 4 aromatic heterocycles. The van der Waals surface area contributed by atoms with E-state index >= 15 is 0 Å². The topological polar surface area (TPSA) is 104 Å². The van der Waals surface area contributed by atoms with E-state index in [-0.39, 0.29) is 24.4 Å². The Labute approximate surface area is 241 Å². The molecule has 1 aliphatic rings. The zero-order valence-electron chi connectivity index (χ0n) is 23.2. The Morgan fingerprint density at radius 2 is 1.69 bits per heavy atom. The number of pyridine rings is 3. The summed E-state index contributed by atoms with van der Waals surface area (Å²) in [6.07, 6.45) is 6.17. The second kappa shape index (κ2) is 10.7. The van der Waals surface area contributed by atoms with Gasteiger partial charge in [-0.1, -0.05) is 48.5 Å². The molecule has 0 radical (unpaired) electrons. The summed E-state index contributed by atoms with van der Waals surface area (Å²) in [6, 6.07) is 23.6. The van der Waals surface area contributed by atoms with Crippen LogP contribution in [0.25, 0.3) is 44.2 Å². The summed E-state index contributed by atoms with van der Waals surface area (Å²) in [5, 5.41) is 4.04. The normalized spacial score (nSPS) is 17.1. The van der Waals surface area contributed by atoms with Crippen LogP contribution in [0.2, 0.25) is 0 Å². The van der Waals surface area contributed by atoms with Gasteiger partial charge in [-0.05, 0) is 55.5 Å². The highest BCUT2D eigenvalue weighted by Gasteiger charge is 2.28. The molecule has 0 spiro atoms. The standard InChI is InChI=1S/C33H30N6O3/c1-38-29-19-35-28-16-15-27(23-17-22-9-5-6-10-26(22)34-18-23)37-30(28)31(29)39(33(38)41)25-13-11-24(12-14-25)36-32(40)42-20-21-7-3-2-4-8-21/h2-10,15-19,24-25H,11-14,20H2,1H3,(H,36,40)/t24-,25-. The molecule has 1 amide bonds. The average molecular weight is 559 g/mol. The lowest BCUT2D eigenvalue weighted by Crippen LogP contribution is -2.39. The Morgan fingerprint density at radius 3 is 2.52 bits per heavy atom. The molecule has 2 aromatic carbocycles. The van der Waals surface area contributed by atoms with Gasteiger partial charge in [0, 0.05) is 36.3 Å². The molecule has 0 saturated heterocycles. The highest BCUT2D eigenvalue weighted by atomic mass is 16.5. The highest BCUT2D eigenvalue weighted by molar-refractivity contribution is 6.00. The number of imidazole rings is 1. The van der Waals surface area contributed by atoms with Gasteiger partial charge >= 0.3 is 11.8 Å². The Morgan fingerprint density at radius 1 is 0.929 bits per heavy atom. The first kappa shape index (κ1) is 25.9. The van der Waals surface area contributed by atoms with Crippen molar-refractivity contribution in [3.8, 4) is 11.3 Å². The fraction of sp³-hybridized carbons (Fsp3) is 0.242. The molecule has 0 bridgehead atoms. The van der Waals surface area contributed by atoms with E-state index in [1.54, 1.807) is 17.8 Å². The average Bonchev–Trinajstić information content (AvgIpc) is 3.30. The second-order valence-corrected chi connectivity index (χ2v) is 10.9. The summed E-state index contributed by atoms with van der Waals surface area (Å²) in [4.78, 5) is 40.3.